The Morgan fingerprint density at radius 2 is 2.24 bits per heavy atom. The van der Waals surface area contributed by atoms with Crippen LogP contribution < -0.4 is 10.6 Å². The molecule has 130 valence electrons. The molecule has 25 heavy (non-hydrogen) atoms. The molecule has 1 fully saturated rings. The lowest BCUT2D eigenvalue weighted by Crippen LogP contribution is -2.33. The summed E-state index contributed by atoms with van der Waals surface area (Å²) in [5.41, 5.74) is 1.13. The van der Waals surface area contributed by atoms with Gasteiger partial charge in [-0.1, -0.05) is 6.07 Å². The molecule has 2 aromatic rings. The Labute approximate surface area is 150 Å². The molecular weight excluding hydrogens is 347 g/mol. The van der Waals surface area contributed by atoms with Crippen LogP contribution in [0.15, 0.2) is 36.5 Å². The number of amides is 1. The van der Waals surface area contributed by atoms with Gasteiger partial charge in [-0.15, -0.1) is 12.4 Å². The normalized spacial score (nSPS) is 16.4. The van der Waals surface area contributed by atoms with Crippen LogP contribution in [0.3, 0.4) is 0 Å². The number of carbonyl (C=O) groups excluding carboxylic acids is 1. The molecule has 1 atom stereocenters. The summed E-state index contributed by atoms with van der Waals surface area (Å²) in [4.78, 5) is 16.0. The van der Waals surface area contributed by atoms with Gasteiger partial charge in [-0.3, -0.25) is 9.78 Å². The smallest absolute Gasteiger partial charge is 0.274 e. The van der Waals surface area contributed by atoms with E-state index < -0.39 is 11.7 Å². The summed E-state index contributed by atoms with van der Waals surface area (Å²) in [6.45, 7) is 1.98. The van der Waals surface area contributed by atoms with Gasteiger partial charge in [-0.25, -0.2) is 4.39 Å². The second-order valence-corrected chi connectivity index (χ2v) is 5.30. The van der Waals surface area contributed by atoms with Crippen LogP contribution in [0.25, 0.3) is 0 Å². The zero-order valence-electron chi connectivity index (χ0n) is 13.2. The summed E-state index contributed by atoms with van der Waals surface area (Å²) in [6, 6.07) is 9.33. The van der Waals surface area contributed by atoms with Gasteiger partial charge < -0.3 is 15.4 Å². The van der Waals surface area contributed by atoms with Crippen molar-refractivity contribution in [3.05, 3.63) is 59.2 Å². The lowest BCUT2D eigenvalue weighted by Gasteiger charge is -2.24. The monoisotopic (exact) mass is 362 g/mol. The second-order valence-electron chi connectivity index (χ2n) is 5.30. The molecule has 1 aromatic carbocycles. The molecule has 2 N–H and O–H groups in total. The Balaban J connectivity index is 0.00000225. The minimum absolute atomic E-state index is 0. The van der Waals surface area contributed by atoms with E-state index in [2.05, 4.69) is 15.6 Å². The Hall–Kier alpha value is -2.53. The van der Waals surface area contributed by atoms with Crippen LogP contribution in [-0.2, 0) is 4.74 Å². The molecule has 6 nitrogen and oxygen atoms in total. The van der Waals surface area contributed by atoms with E-state index in [9.17, 15) is 9.18 Å². The maximum atomic E-state index is 14.3. The molecule has 0 radical (unpaired) electrons. The zero-order chi connectivity index (χ0) is 16.9. The summed E-state index contributed by atoms with van der Waals surface area (Å²) >= 11 is 0. The standard InChI is InChI=1S/C17H15FN4O2.ClH/c18-13-8-12(16-10-20-5-6-24-16)1-2-14(13)22-17(23)15-7-11(9-19)3-4-21-15;/h1-4,7-8,16,20H,5-6,10H2,(H,22,23);1H. The quantitative estimate of drug-likeness (QED) is 0.875. The highest BCUT2D eigenvalue weighted by molar-refractivity contribution is 6.03. The predicted octanol–water partition coefficient (Wildman–Crippen LogP) is 2.43. The first-order chi connectivity index (χ1) is 11.7. The van der Waals surface area contributed by atoms with Gasteiger partial charge in [0.15, 0.2) is 0 Å². The maximum Gasteiger partial charge on any atom is 0.274 e. The third kappa shape index (κ3) is 4.51. The number of halogens is 2. The number of ether oxygens (including phenoxy) is 1. The number of nitrogens with zero attached hydrogens (tertiary/aromatic N) is 2. The van der Waals surface area contributed by atoms with Crippen molar-refractivity contribution in [1.29, 1.82) is 5.26 Å². The van der Waals surface area contributed by atoms with Crippen molar-refractivity contribution in [3.8, 4) is 6.07 Å². The summed E-state index contributed by atoms with van der Waals surface area (Å²) in [5.74, 6) is -1.12. The number of hydrogen-bond acceptors (Lipinski definition) is 5. The van der Waals surface area contributed by atoms with Crippen LogP contribution >= 0.6 is 12.4 Å². The fraction of sp³-hybridized carbons (Fsp3) is 0.235. The fourth-order valence-corrected chi connectivity index (χ4v) is 2.42. The molecule has 0 spiro atoms. The van der Waals surface area contributed by atoms with Gasteiger partial charge in [0.1, 0.15) is 11.5 Å². The maximum absolute atomic E-state index is 14.3. The van der Waals surface area contributed by atoms with E-state index in [0.29, 0.717) is 24.3 Å². The van der Waals surface area contributed by atoms with Gasteiger partial charge in [0, 0.05) is 19.3 Å². The highest BCUT2D eigenvalue weighted by atomic mass is 35.5. The van der Waals surface area contributed by atoms with Crippen molar-refractivity contribution in [3.63, 3.8) is 0 Å². The molecule has 1 aliphatic rings. The van der Waals surface area contributed by atoms with Gasteiger partial charge in [0.2, 0.25) is 0 Å². The molecule has 0 saturated carbocycles. The number of anilines is 1. The average Bonchev–Trinajstić information content (AvgIpc) is 2.64. The van der Waals surface area contributed by atoms with Gasteiger partial charge in [0.25, 0.3) is 5.91 Å². The topological polar surface area (TPSA) is 87.0 Å². The summed E-state index contributed by atoms with van der Waals surface area (Å²) < 4.78 is 19.8. The van der Waals surface area contributed by atoms with E-state index in [0.717, 1.165) is 6.54 Å². The van der Waals surface area contributed by atoms with Crippen LogP contribution in [-0.4, -0.2) is 30.6 Å². The Morgan fingerprint density at radius 3 is 2.92 bits per heavy atom. The van der Waals surface area contributed by atoms with E-state index in [1.807, 2.05) is 6.07 Å². The lowest BCUT2D eigenvalue weighted by atomic mass is 10.1. The third-order valence-electron chi connectivity index (χ3n) is 3.66. The zero-order valence-corrected chi connectivity index (χ0v) is 14.0. The Bertz CT molecular complexity index is 803. The summed E-state index contributed by atoms with van der Waals surface area (Å²) in [5, 5.41) is 14.5. The number of morpholine rings is 1. The van der Waals surface area contributed by atoms with E-state index in [1.54, 1.807) is 6.07 Å². The van der Waals surface area contributed by atoms with Crippen molar-refractivity contribution in [2.24, 2.45) is 0 Å². The SMILES string of the molecule is Cl.N#Cc1ccnc(C(=O)Nc2ccc(C3CNCCO3)cc2F)c1. The van der Waals surface area contributed by atoms with Crippen molar-refractivity contribution in [2.45, 2.75) is 6.10 Å². The van der Waals surface area contributed by atoms with Crippen molar-refractivity contribution < 1.29 is 13.9 Å². The molecule has 1 saturated heterocycles. The largest absolute Gasteiger partial charge is 0.371 e. The van der Waals surface area contributed by atoms with Gasteiger partial charge in [-0.05, 0) is 29.8 Å². The highest BCUT2D eigenvalue weighted by Crippen LogP contribution is 2.24. The number of rotatable bonds is 3. The van der Waals surface area contributed by atoms with Gasteiger partial charge in [0.05, 0.1) is 30.0 Å². The molecule has 8 heteroatoms. The number of pyridine rings is 1. The molecule has 1 amide bonds. The molecule has 0 bridgehead atoms. The first-order valence-electron chi connectivity index (χ1n) is 7.46. The average molecular weight is 363 g/mol. The van der Waals surface area contributed by atoms with Crippen molar-refractivity contribution in [2.75, 3.05) is 25.0 Å². The van der Waals surface area contributed by atoms with Crippen LogP contribution in [0, 0.1) is 17.1 Å². The molecule has 1 aromatic heterocycles. The summed E-state index contributed by atoms with van der Waals surface area (Å²) in [7, 11) is 0. The molecule has 0 aliphatic carbocycles. The summed E-state index contributed by atoms with van der Waals surface area (Å²) in [6.07, 6.45) is 1.16. The lowest BCUT2D eigenvalue weighted by molar-refractivity contribution is 0.0275. The van der Waals surface area contributed by atoms with Crippen molar-refractivity contribution >= 4 is 24.0 Å². The molecule has 1 aliphatic heterocycles. The Kier molecular flexibility index (Phi) is 6.42. The highest BCUT2D eigenvalue weighted by Gasteiger charge is 2.18. The second kappa shape index (κ2) is 8.53. The first kappa shape index (κ1) is 18.8. The van der Waals surface area contributed by atoms with Crippen LogP contribution in [0.5, 0.6) is 0 Å². The minimum atomic E-state index is -0.575. The predicted molar refractivity (Wildman–Crippen MR) is 92.1 cm³/mol. The molecule has 2 heterocycles. The number of nitrogens with one attached hydrogen (secondary N) is 2. The number of nitriles is 1. The Morgan fingerprint density at radius 1 is 1.40 bits per heavy atom. The van der Waals surface area contributed by atoms with Crippen LogP contribution in [0.2, 0.25) is 0 Å². The van der Waals surface area contributed by atoms with Crippen molar-refractivity contribution in [1.82, 2.24) is 10.3 Å². The number of benzene rings is 1. The minimum Gasteiger partial charge on any atom is -0.371 e. The van der Waals surface area contributed by atoms with Gasteiger partial charge in [-0.2, -0.15) is 5.26 Å². The molecule has 3 rings (SSSR count). The number of aromatic nitrogens is 1. The van der Waals surface area contributed by atoms with Gasteiger partial charge >= 0.3 is 0 Å². The number of hydrogen-bond donors (Lipinski definition) is 2. The van der Waals surface area contributed by atoms with Crippen LogP contribution in [0.4, 0.5) is 10.1 Å². The van der Waals surface area contributed by atoms with Crippen LogP contribution in [0.1, 0.15) is 27.7 Å². The van der Waals surface area contributed by atoms with E-state index >= 15 is 0 Å². The number of carbonyl (C=O) groups is 1. The fourth-order valence-electron chi connectivity index (χ4n) is 2.42. The van der Waals surface area contributed by atoms with E-state index in [-0.39, 0.29) is 29.9 Å². The third-order valence-corrected chi connectivity index (χ3v) is 3.66. The molecule has 1 unspecified atom stereocenters. The van der Waals surface area contributed by atoms with E-state index in [4.69, 9.17) is 10.00 Å². The first-order valence-corrected chi connectivity index (χ1v) is 7.46. The van der Waals surface area contributed by atoms with E-state index in [1.165, 1.54) is 30.5 Å². The molecular formula is C17H16ClFN4O2.